The third-order valence-corrected chi connectivity index (χ3v) is 7.85. The Morgan fingerprint density at radius 1 is 0.721 bits per heavy atom. The number of hydrogen-bond donors (Lipinski definition) is 0. The minimum atomic E-state index is 0. The van der Waals surface area contributed by atoms with Crippen molar-refractivity contribution < 1.29 is 25.8 Å². The molecule has 210 valence electrons. The topological polar surface area (TPSA) is 52.3 Å². The van der Waals surface area contributed by atoms with Gasteiger partial charge in [0.25, 0.3) is 0 Å². The zero-order valence-corrected chi connectivity index (χ0v) is 26.1. The van der Waals surface area contributed by atoms with Crippen molar-refractivity contribution in [2.75, 3.05) is 0 Å². The van der Waals surface area contributed by atoms with Gasteiger partial charge in [0.15, 0.2) is 0 Å². The molecule has 0 amide bonds. The van der Waals surface area contributed by atoms with Crippen LogP contribution in [-0.2, 0) is 26.5 Å². The Morgan fingerprint density at radius 2 is 1.53 bits per heavy atom. The van der Waals surface area contributed by atoms with Crippen LogP contribution < -0.4 is 4.74 Å². The summed E-state index contributed by atoms with van der Waals surface area (Å²) < 4.78 is 8.65. The number of aromatic nitrogens is 4. The zero-order chi connectivity index (χ0) is 28.4. The average Bonchev–Trinajstić information content (AvgIpc) is 3.41. The smallest absolute Gasteiger partial charge is 0.497 e. The van der Waals surface area contributed by atoms with Gasteiger partial charge < -0.3 is 14.1 Å². The number of benzene rings is 4. The van der Waals surface area contributed by atoms with Crippen LogP contribution in [0.25, 0.3) is 60.5 Å². The molecule has 4 aromatic carbocycles. The number of nitrogens with zero attached hydrogens (tertiary/aromatic N) is 4. The predicted molar refractivity (Wildman–Crippen MR) is 169 cm³/mol. The third kappa shape index (κ3) is 4.56. The molecular formula is C37H26N4OPt. The molecule has 4 aromatic heterocycles. The summed E-state index contributed by atoms with van der Waals surface area (Å²) in [5.41, 5.74) is 7.69. The van der Waals surface area contributed by atoms with E-state index in [1.807, 2.05) is 67.0 Å². The van der Waals surface area contributed by atoms with Gasteiger partial charge in [-0.3, -0.25) is 9.97 Å². The molecule has 4 heterocycles. The van der Waals surface area contributed by atoms with Gasteiger partial charge in [-0.1, -0.05) is 109 Å². The fraction of sp³-hybridized carbons (Fsp3) is 0.108. The second-order valence-corrected chi connectivity index (χ2v) is 11.6. The van der Waals surface area contributed by atoms with E-state index in [2.05, 4.69) is 73.7 Å². The van der Waals surface area contributed by atoms with Crippen LogP contribution in [0, 0.1) is 12.1 Å². The number of hydrogen-bond acceptors (Lipinski definition) is 4. The molecule has 0 radical (unpaired) electrons. The number of ether oxygens (including phenoxy) is 1. The van der Waals surface area contributed by atoms with E-state index in [4.69, 9.17) is 19.7 Å². The van der Waals surface area contributed by atoms with E-state index in [0.29, 0.717) is 11.5 Å². The fourth-order valence-electron chi connectivity index (χ4n) is 5.76. The number of rotatable bonds is 3. The monoisotopic (exact) mass is 737 g/mol. The maximum Gasteiger partial charge on any atom is 2.00 e. The van der Waals surface area contributed by atoms with Crippen LogP contribution in [-0.4, -0.2) is 19.4 Å². The Bertz CT molecular complexity index is 2340. The van der Waals surface area contributed by atoms with E-state index in [1.54, 1.807) is 0 Å². The van der Waals surface area contributed by atoms with Crippen molar-refractivity contribution in [3.05, 3.63) is 121 Å². The quantitative estimate of drug-likeness (QED) is 0.134. The average molecular weight is 738 g/mol. The van der Waals surface area contributed by atoms with Gasteiger partial charge >= 0.3 is 21.1 Å². The van der Waals surface area contributed by atoms with Crippen molar-refractivity contribution in [1.82, 2.24) is 19.4 Å². The van der Waals surface area contributed by atoms with Gasteiger partial charge in [-0.25, -0.2) is 0 Å². The standard InChI is InChI=1S/C37H26N4O.Pt/c1-37(2,3)24-16-18-38-32(20-24)29-22-26(19-23-9-4-5-10-27(23)29)42-25-14-15-28-30(21-25)36-40-31-11-6-7-12-33(31)41(36)34-13-8-17-39-35(28)34;/h4-20H,1-3H3;/q-2;+2. The Kier molecular flexibility index (Phi) is 6.52. The molecule has 0 saturated carbocycles. The van der Waals surface area contributed by atoms with Crippen LogP contribution in [0.4, 0.5) is 0 Å². The van der Waals surface area contributed by atoms with Crippen molar-refractivity contribution in [2.45, 2.75) is 26.2 Å². The van der Waals surface area contributed by atoms with Crippen molar-refractivity contribution in [2.24, 2.45) is 0 Å². The van der Waals surface area contributed by atoms with Gasteiger partial charge in [-0.05, 0) is 47.0 Å². The molecule has 0 aliphatic heterocycles. The van der Waals surface area contributed by atoms with Gasteiger partial charge in [0, 0.05) is 23.9 Å². The fourth-order valence-corrected chi connectivity index (χ4v) is 5.76. The summed E-state index contributed by atoms with van der Waals surface area (Å²) in [6.45, 7) is 6.63. The number of pyridine rings is 3. The van der Waals surface area contributed by atoms with E-state index in [9.17, 15) is 0 Å². The van der Waals surface area contributed by atoms with Crippen LogP contribution in [0.3, 0.4) is 0 Å². The first-order valence-corrected chi connectivity index (χ1v) is 14.0. The van der Waals surface area contributed by atoms with Gasteiger partial charge in [-0.15, -0.1) is 11.6 Å². The summed E-state index contributed by atoms with van der Waals surface area (Å²) in [7, 11) is 0. The molecule has 0 fully saturated rings. The van der Waals surface area contributed by atoms with Gasteiger partial charge in [0.2, 0.25) is 0 Å². The summed E-state index contributed by atoms with van der Waals surface area (Å²) in [5, 5.41) is 3.97. The van der Waals surface area contributed by atoms with Gasteiger partial charge in [0.1, 0.15) is 0 Å². The molecule has 43 heavy (non-hydrogen) atoms. The van der Waals surface area contributed by atoms with Gasteiger partial charge in [0.05, 0.1) is 27.7 Å². The van der Waals surface area contributed by atoms with E-state index in [-0.39, 0.29) is 26.5 Å². The van der Waals surface area contributed by atoms with Crippen LogP contribution in [0.1, 0.15) is 26.3 Å². The summed E-state index contributed by atoms with van der Waals surface area (Å²) in [5.74, 6) is 1.19. The first kappa shape index (κ1) is 27.2. The Hall–Kier alpha value is -4.60. The van der Waals surface area contributed by atoms with Crippen molar-refractivity contribution in [3.8, 4) is 22.8 Å². The SMILES string of the molecule is CC(C)(C)c1ccnc(-c2[c-]c(Oc3[c-]c4c(cc3)c3ncccc3n3c5ccccc5nc43)cc3ccccc23)c1.[Pt+2]. The van der Waals surface area contributed by atoms with E-state index in [0.717, 1.165) is 60.5 Å². The van der Waals surface area contributed by atoms with Crippen LogP contribution in [0.5, 0.6) is 11.5 Å². The molecule has 0 spiro atoms. The summed E-state index contributed by atoms with van der Waals surface area (Å²) in [6, 6.07) is 37.8. The zero-order valence-electron chi connectivity index (χ0n) is 23.8. The molecule has 6 heteroatoms. The van der Waals surface area contributed by atoms with Crippen molar-refractivity contribution in [1.29, 1.82) is 0 Å². The molecule has 5 nitrogen and oxygen atoms in total. The molecule has 0 N–H and O–H groups in total. The number of para-hydroxylation sites is 2. The van der Waals surface area contributed by atoms with Crippen LogP contribution in [0.15, 0.2) is 103 Å². The Morgan fingerprint density at radius 3 is 2.42 bits per heavy atom. The minimum Gasteiger partial charge on any atom is -0.497 e. The van der Waals surface area contributed by atoms with Crippen LogP contribution in [0.2, 0.25) is 0 Å². The molecule has 0 bridgehead atoms. The molecule has 8 rings (SSSR count). The molecule has 8 aromatic rings. The normalized spacial score (nSPS) is 11.9. The second-order valence-electron chi connectivity index (χ2n) is 11.6. The van der Waals surface area contributed by atoms with Gasteiger partial charge in [-0.2, -0.15) is 0 Å². The second kappa shape index (κ2) is 10.3. The van der Waals surface area contributed by atoms with E-state index < -0.39 is 0 Å². The molecule has 0 atom stereocenters. The first-order valence-electron chi connectivity index (χ1n) is 14.0. The molecule has 0 aliphatic rings. The van der Waals surface area contributed by atoms with Crippen molar-refractivity contribution in [3.63, 3.8) is 0 Å². The van der Waals surface area contributed by atoms with E-state index >= 15 is 0 Å². The third-order valence-electron chi connectivity index (χ3n) is 7.85. The summed E-state index contributed by atoms with van der Waals surface area (Å²) >= 11 is 0. The first-order chi connectivity index (χ1) is 20.4. The summed E-state index contributed by atoms with van der Waals surface area (Å²) in [4.78, 5) is 14.5. The van der Waals surface area contributed by atoms with Crippen molar-refractivity contribution >= 4 is 49.3 Å². The van der Waals surface area contributed by atoms with E-state index in [1.165, 1.54) is 5.56 Å². The summed E-state index contributed by atoms with van der Waals surface area (Å²) in [6.07, 6.45) is 3.70. The number of imidazole rings is 1. The maximum absolute atomic E-state index is 6.49. The molecular weight excluding hydrogens is 712 g/mol. The molecule has 0 saturated heterocycles. The Labute approximate surface area is 263 Å². The largest absolute Gasteiger partial charge is 2.00 e. The Balaban J connectivity index is 0.00000300. The number of fused-ring (bicyclic) bond motifs is 9. The van der Waals surface area contributed by atoms with Crippen LogP contribution >= 0.6 is 0 Å². The maximum atomic E-state index is 6.49. The minimum absolute atomic E-state index is 0. The molecule has 0 aliphatic carbocycles. The molecule has 0 unspecified atom stereocenters. The predicted octanol–water partition coefficient (Wildman–Crippen LogP) is 9.09.